The molecule has 2 N–H and O–H groups in total. The highest BCUT2D eigenvalue weighted by Gasteiger charge is 2.16. The van der Waals surface area contributed by atoms with Crippen molar-refractivity contribution >= 4 is 23.2 Å². The van der Waals surface area contributed by atoms with Crippen molar-refractivity contribution < 1.29 is 4.79 Å². The van der Waals surface area contributed by atoms with Crippen molar-refractivity contribution in [1.29, 1.82) is 0 Å². The molecule has 1 fully saturated rings. The molecule has 0 aliphatic carbocycles. The Hall–Kier alpha value is -0.840. The molecular weight excluding hydrogens is 198 g/mol. The molecule has 1 saturated heterocycles. The molecule has 0 saturated carbocycles. The van der Waals surface area contributed by atoms with Gasteiger partial charge in [-0.15, -0.1) is 0 Å². The highest BCUT2D eigenvalue weighted by molar-refractivity contribution is 7.80. The third-order valence-electron chi connectivity index (χ3n) is 2.07. The second-order valence-electron chi connectivity index (χ2n) is 3.36. The first kappa shape index (κ1) is 11.2. The minimum atomic E-state index is 0.0585. The number of thiocarbonyl (C=S) groups is 1. The first-order valence-electron chi connectivity index (χ1n) is 5.03. The topological polar surface area (TPSA) is 44.4 Å². The molecule has 0 bridgehead atoms. The molecule has 1 heterocycles. The van der Waals surface area contributed by atoms with Crippen molar-refractivity contribution in [3.63, 3.8) is 0 Å². The molecule has 80 valence electrons. The van der Waals surface area contributed by atoms with E-state index in [0.717, 1.165) is 32.5 Å². The van der Waals surface area contributed by atoms with E-state index in [4.69, 9.17) is 12.2 Å². The summed E-state index contributed by atoms with van der Waals surface area (Å²) in [5, 5.41) is 6.64. The van der Waals surface area contributed by atoms with Gasteiger partial charge in [0.15, 0.2) is 5.11 Å². The maximum absolute atomic E-state index is 11.2. The largest absolute Gasteiger partial charge is 0.363 e. The van der Waals surface area contributed by atoms with Crippen LogP contribution in [0.15, 0.2) is 0 Å². The van der Waals surface area contributed by atoms with Gasteiger partial charge in [0.25, 0.3) is 0 Å². The highest BCUT2D eigenvalue weighted by Crippen LogP contribution is 1.97. The molecule has 0 unspecified atom stereocenters. The van der Waals surface area contributed by atoms with Gasteiger partial charge < -0.3 is 15.5 Å². The Balaban J connectivity index is 2.40. The van der Waals surface area contributed by atoms with E-state index in [2.05, 4.69) is 17.6 Å². The summed E-state index contributed by atoms with van der Waals surface area (Å²) in [6.45, 7) is 4.96. The number of carbonyl (C=O) groups is 1. The van der Waals surface area contributed by atoms with E-state index in [1.54, 1.807) is 0 Å². The molecule has 0 radical (unpaired) electrons. The Kier molecular flexibility index (Phi) is 4.65. The van der Waals surface area contributed by atoms with Gasteiger partial charge in [0.1, 0.15) is 0 Å². The van der Waals surface area contributed by atoms with Crippen LogP contribution >= 0.6 is 12.2 Å². The number of nitrogens with one attached hydrogen (secondary N) is 2. The van der Waals surface area contributed by atoms with Crippen LogP contribution < -0.4 is 10.6 Å². The van der Waals surface area contributed by atoms with Crippen molar-refractivity contribution in [2.24, 2.45) is 0 Å². The van der Waals surface area contributed by atoms with Gasteiger partial charge >= 0.3 is 0 Å². The average molecular weight is 215 g/mol. The molecule has 1 amide bonds. The Morgan fingerprint density at radius 2 is 2.50 bits per heavy atom. The zero-order valence-electron chi connectivity index (χ0n) is 8.51. The van der Waals surface area contributed by atoms with E-state index in [1.807, 2.05) is 4.90 Å². The lowest BCUT2D eigenvalue weighted by atomic mass is 10.4. The molecule has 0 aromatic heterocycles. The normalized spacial score (nSPS) is 17.2. The number of hydrogen-bond donors (Lipinski definition) is 2. The van der Waals surface area contributed by atoms with Crippen LogP contribution in [-0.4, -0.2) is 42.1 Å². The monoisotopic (exact) mass is 215 g/mol. The van der Waals surface area contributed by atoms with Crippen LogP contribution in [0.4, 0.5) is 0 Å². The lowest BCUT2D eigenvalue weighted by Crippen LogP contribution is -2.43. The van der Waals surface area contributed by atoms with E-state index in [0.29, 0.717) is 11.7 Å². The van der Waals surface area contributed by atoms with E-state index < -0.39 is 0 Å². The molecule has 5 heteroatoms. The lowest BCUT2D eigenvalue weighted by molar-refractivity contribution is -0.120. The van der Waals surface area contributed by atoms with Gasteiger partial charge in [-0.25, -0.2) is 0 Å². The first-order valence-corrected chi connectivity index (χ1v) is 5.44. The second kappa shape index (κ2) is 5.80. The van der Waals surface area contributed by atoms with Gasteiger partial charge in [0.2, 0.25) is 5.91 Å². The zero-order valence-corrected chi connectivity index (χ0v) is 9.32. The predicted molar refractivity (Wildman–Crippen MR) is 60.1 cm³/mol. The van der Waals surface area contributed by atoms with Crippen LogP contribution in [0.3, 0.4) is 0 Å². The Labute approximate surface area is 90.0 Å². The predicted octanol–water partition coefficient (Wildman–Crippen LogP) is 0.0928. The van der Waals surface area contributed by atoms with Gasteiger partial charge in [0, 0.05) is 19.6 Å². The summed E-state index contributed by atoms with van der Waals surface area (Å²) in [4.78, 5) is 13.2. The SMILES string of the molecule is CCCNC(=S)N1CCCNC(=O)C1. The molecule has 1 aliphatic heterocycles. The van der Waals surface area contributed by atoms with E-state index in [1.165, 1.54) is 0 Å². The van der Waals surface area contributed by atoms with Crippen molar-refractivity contribution in [2.45, 2.75) is 19.8 Å². The lowest BCUT2D eigenvalue weighted by Gasteiger charge is -2.22. The number of carbonyl (C=O) groups excluding carboxylic acids is 1. The molecule has 4 nitrogen and oxygen atoms in total. The Bertz CT molecular complexity index is 220. The summed E-state index contributed by atoms with van der Waals surface area (Å²) in [6.07, 6.45) is 2.00. The summed E-state index contributed by atoms with van der Waals surface area (Å²) in [6, 6.07) is 0. The van der Waals surface area contributed by atoms with Gasteiger partial charge in [-0.3, -0.25) is 4.79 Å². The standard InChI is InChI=1S/C9H17N3OS/c1-2-4-11-9(14)12-6-3-5-10-8(13)7-12/h2-7H2,1H3,(H,10,13)(H,11,14). The first-order chi connectivity index (χ1) is 6.74. The molecule has 0 aromatic rings. The van der Waals surface area contributed by atoms with Crippen molar-refractivity contribution in [3.05, 3.63) is 0 Å². The summed E-state index contributed by atoms with van der Waals surface area (Å²) in [7, 11) is 0. The minimum Gasteiger partial charge on any atom is -0.363 e. The third kappa shape index (κ3) is 3.49. The Morgan fingerprint density at radius 1 is 1.71 bits per heavy atom. The average Bonchev–Trinajstić information content (AvgIpc) is 2.39. The summed E-state index contributed by atoms with van der Waals surface area (Å²) < 4.78 is 0. The molecule has 14 heavy (non-hydrogen) atoms. The van der Waals surface area contributed by atoms with Crippen LogP contribution in [0.2, 0.25) is 0 Å². The second-order valence-corrected chi connectivity index (χ2v) is 3.74. The molecule has 1 rings (SSSR count). The fraction of sp³-hybridized carbons (Fsp3) is 0.778. The smallest absolute Gasteiger partial charge is 0.239 e. The van der Waals surface area contributed by atoms with Gasteiger partial charge in [-0.1, -0.05) is 6.92 Å². The van der Waals surface area contributed by atoms with Crippen molar-refractivity contribution in [1.82, 2.24) is 15.5 Å². The Morgan fingerprint density at radius 3 is 3.21 bits per heavy atom. The number of rotatable bonds is 2. The highest BCUT2D eigenvalue weighted by atomic mass is 32.1. The van der Waals surface area contributed by atoms with Crippen LogP contribution in [-0.2, 0) is 4.79 Å². The van der Waals surface area contributed by atoms with Crippen LogP contribution in [0.25, 0.3) is 0 Å². The maximum Gasteiger partial charge on any atom is 0.239 e. The van der Waals surface area contributed by atoms with E-state index in [9.17, 15) is 4.79 Å². The molecule has 0 spiro atoms. The van der Waals surface area contributed by atoms with E-state index in [-0.39, 0.29) is 5.91 Å². The third-order valence-corrected chi connectivity index (χ3v) is 2.48. The maximum atomic E-state index is 11.2. The van der Waals surface area contributed by atoms with Crippen LogP contribution in [0.1, 0.15) is 19.8 Å². The van der Waals surface area contributed by atoms with Crippen molar-refractivity contribution in [3.8, 4) is 0 Å². The summed E-state index contributed by atoms with van der Waals surface area (Å²) in [5.41, 5.74) is 0. The summed E-state index contributed by atoms with van der Waals surface area (Å²) >= 11 is 5.19. The van der Waals surface area contributed by atoms with E-state index >= 15 is 0 Å². The summed E-state index contributed by atoms with van der Waals surface area (Å²) in [5.74, 6) is 0.0585. The fourth-order valence-electron chi connectivity index (χ4n) is 1.32. The molecule has 0 aromatic carbocycles. The number of hydrogen-bond acceptors (Lipinski definition) is 2. The number of nitrogens with zero attached hydrogens (tertiary/aromatic N) is 1. The van der Waals surface area contributed by atoms with Gasteiger partial charge in [-0.2, -0.15) is 0 Å². The molecule has 1 aliphatic rings. The van der Waals surface area contributed by atoms with Crippen LogP contribution in [0.5, 0.6) is 0 Å². The van der Waals surface area contributed by atoms with Crippen LogP contribution in [0, 0.1) is 0 Å². The molecular formula is C9H17N3OS. The fourth-order valence-corrected chi connectivity index (χ4v) is 1.58. The zero-order chi connectivity index (χ0) is 10.4. The minimum absolute atomic E-state index is 0.0585. The number of amides is 1. The molecule has 0 atom stereocenters. The quantitative estimate of drug-likeness (QED) is 0.641. The van der Waals surface area contributed by atoms with Crippen molar-refractivity contribution in [2.75, 3.05) is 26.2 Å². The van der Waals surface area contributed by atoms with Gasteiger partial charge in [0.05, 0.1) is 6.54 Å². The van der Waals surface area contributed by atoms with Gasteiger partial charge in [-0.05, 0) is 25.1 Å².